The van der Waals surface area contributed by atoms with E-state index in [9.17, 15) is 0 Å². The van der Waals surface area contributed by atoms with Crippen LogP contribution in [0.1, 0.15) is 11.5 Å². The Bertz CT molecular complexity index is 405. The van der Waals surface area contributed by atoms with Crippen molar-refractivity contribution < 1.29 is 0 Å². The molecule has 16 heavy (non-hydrogen) atoms. The fourth-order valence-electron chi connectivity index (χ4n) is 1.29. The van der Waals surface area contributed by atoms with Crippen molar-refractivity contribution in [3.63, 3.8) is 0 Å². The van der Waals surface area contributed by atoms with Crippen LogP contribution in [0.2, 0.25) is 0 Å². The number of nitriles is 2. The van der Waals surface area contributed by atoms with Crippen LogP contribution in [0.3, 0.4) is 0 Å². The van der Waals surface area contributed by atoms with Crippen molar-refractivity contribution in [1.82, 2.24) is 14.9 Å². The predicted octanol–water partition coefficient (Wildman–Crippen LogP) is 0.216. The molecular formula is C10H12N6. The molecule has 1 rings (SSSR count). The summed E-state index contributed by atoms with van der Waals surface area (Å²) in [6.07, 6.45) is 0. The highest BCUT2D eigenvalue weighted by atomic mass is 15.1. The Morgan fingerprint density at radius 2 is 1.94 bits per heavy atom. The lowest BCUT2D eigenvalue weighted by atomic mass is 10.4. The molecule has 82 valence electrons. The number of hydrogen-bond acceptors (Lipinski definition) is 6. The lowest BCUT2D eigenvalue weighted by Gasteiger charge is -2.14. The number of nitrogens with zero attached hydrogens (tertiary/aromatic N) is 5. The number of nitrogens with two attached hydrogens (primary N) is 1. The van der Waals surface area contributed by atoms with E-state index >= 15 is 0 Å². The molecule has 1 aromatic heterocycles. The van der Waals surface area contributed by atoms with Gasteiger partial charge in [-0.1, -0.05) is 0 Å². The third-order valence-electron chi connectivity index (χ3n) is 1.87. The van der Waals surface area contributed by atoms with Crippen LogP contribution in [0.4, 0.5) is 5.82 Å². The van der Waals surface area contributed by atoms with Crippen molar-refractivity contribution in [2.45, 2.75) is 13.5 Å². The predicted molar refractivity (Wildman–Crippen MR) is 57.7 cm³/mol. The summed E-state index contributed by atoms with van der Waals surface area (Å²) in [5.74, 6) is 0.930. The molecule has 1 aromatic rings. The van der Waals surface area contributed by atoms with E-state index in [2.05, 4.69) is 9.97 Å². The van der Waals surface area contributed by atoms with Crippen LogP contribution in [0.15, 0.2) is 6.07 Å². The molecule has 0 aromatic carbocycles. The van der Waals surface area contributed by atoms with Crippen molar-refractivity contribution in [1.29, 1.82) is 10.5 Å². The number of rotatable bonds is 4. The van der Waals surface area contributed by atoms with Gasteiger partial charge in [-0.25, -0.2) is 9.97 Å². The lowest BCUT2D eigenvalue weighted by molar-refractivity contribution is 0.325. The molecule has 0 aliphatic carbocycles. The van der Waals surface area contributed by atoms with E-state index < -0.39 is 0 Å². The summed E-state index contributed by atoms with van der Waals surface area (Å²) >= 11 is 0. The molecule has 0 spiro atoms. The summed E-state index contributed by atoms with van der Waals surface area (Å²) in [5.41, 5.74) is 6.36. The summed E-state index contributed by atoms with van der Waals surface area (Å²) in [5, 5.41) is 17.2. The SMILES string of the molecule is Cc1cc(N)nc(CN(CC#N)CC#N)n1. The van der Waals surface area contributed by atoms with Gasteiger partial charge in [0, 0.05) is 11.8 Å². The van der Waals surface area contributed by atoms with Crippen LogP contribution in [-0.4, -0.2) is 28.0 Å². The number of aryl methyl sites for hydroxylation is 1. The number of hydrogen-bond donors (Lipinski definition) is 1. The highest BCUT2D eigenvalue weighted by molar-refractivity contribution is 5.29. The average Bonchev–Trinajstić information content (AvgIpc) is 2.16. The molecule has 0 saturated carbocycles. The minimum atomic E-state index is 0.171. The number of nitrogen functional groups attached to an aromatic ring is 1. The Kier molecular flexibility index (Phi) is 4.19. The van der Waals surface area contributed by atoms with Crippen molar-refractivity contribution in [2.75, 3.05) is 18.8 Å². The van der Waals surface area contributed by atoms with Crippen molar-refractivity contribution in [3.05, 3.63) is 17.6 Å². The molecule has 6 nitrogen and oxygen atoms in total. The van der Waals surface area contributed by atoms with Crippen LogP contribution in [0.5, 0.6) is 0 Å². The van der Waals surface area contributed by atoms with E-state index in [1.807, 2.05) is 19.1 Å². The van der Waals surface area contributed by atoms with E-state index in [-0.39, 0.29) is 13.1 Å². The molecule has 0 aliphatic heterocycles. The first-order valence-electron chi connectivity index (χ1n) is 4.72. The summed E-state index contributed by atoms with van der Waals surface area (Å²) in [7, 11) is 0. The van der Waals surface area contributed by atoms with Gasteiger partial charge in [0.15, 0.2) is 0 Å². The van der Waals surface area contributed by atoms with Crippen molar-refractivity contribution in [3.8, 4) is 12.1 Å². The van der Waals surface area contributed by atoms with Gasteiger partial charge >= 0.3 is 0 Å². The van der Waals surface area contributed by atoms with Gasteiger partial charge in [-0.2, -0.15) is 10.5 Å². The Hall–Kier alpha value is -2.18. The summed E-state index contributed by atoms with van der Waals surface area (Å²) < 4.78 is 0. The normalized spacial score (nSPS) is 9.75. The fraction of sp³-hybridized carbons (Fsp3) is 0.400. The highest BCUT2D eigenvalue weighted by Crippen LogP contribution is 2.04. The molecule has 0 atom stereocenters. The summed E-state index contributed by atoms with van der Waals surface area (Å²) in [6, 6.07) is 5.65. The van der Waals surface area contributed by atoms with Crippen LogP contribution < -0.4 is 5.73 Å². The average molecular weight is 216 g/mol. The molecule has 6 heteroatoms. The van der Waals surface area contributed by atoms with E-state index in [4.69, 9.17) is 16.3 Å². The second-order valence-corrected chi connectivity index (χ2v) is 3.31. The first kappa shape index (κ1) is 11.9. The first-order valence-corrected chi connectivity index (χ1v) is 4.72. The fourth-order valence-corrected chi connectivity index (χ4v) is 1.29. The zero-order valence-corrected chi connectivity index (χ0v) is 9.01. The van der Waals surface area contributed by atoms with Gasteiger partial charge in [-0.05, 0) is 6.92 Å². The molecule has 2 N–H and O–H groups in total. The Balaban J connectivity index is 2.77. The maximum atomic E-state index is 8.58. The summed E-state index contributed by atoms with van der Waals surface area (Å²) in [4.78, 5) is 9.88. The number of anilines is 1. The van der Waals surface area contributed by atoms with E-state index in [1.165, 1.54) is 0 Å². The third kappa shape index (κ3) is 3.52. The molecule has 1 heterocycles. The smallest absolute Gasteiger partial charge is 0.145 e. The zero-order valence-electron chi connectivity index (χ0n) is 9.01. The Labute approximate surface area is 93.9 Å². The zero-order chi connectivity index (χ0) is 12.0. The van der Waals surface area contributed by atoms with E-state index in [1.54, 1.807) is 11.0 Å². The standard InChI is InChI=1S/C10H12N6/c1-8-6-9(13)15-10(14-8)7-16(4-2-11)5-3-12/h6H,4-5,7H2,1H3,(H2,13,14,15). The largest absolute Gasteiger partial charge is 0.384 e. The van der Waals surface area contributed by atoms with Crippen LogP contribution >= 0.6 is 0 Å². The molecule has 0 fully saturated rings. The maximum absolute atomic E-state index is 8.58. The topological polar surface area (TPSA) is 103 Å². The van der Waals surface area contributed by atoms with Gasteiger partial charge in [-0.3, -0.25) is 4.90 Å². The van der Waals surface area contributed by atoms with Gasteiger partial charge in [-0.15, -0.1) is 0 Å². The van der Waals surface area contributed by atoms with Gasteiger partial charge in [0.25, 0.3) is 0 Å². The highest BCUT2D eigenvalue weighted by Gasteiger charge is 2.08. The van der Waals surface area contributed by atoms with Crippen LogP contribution in [-0.2, 0) is 6.54 Å². The molecule has 0 amide bonds. The second kappa shape index (κ2) is 5.64. The first-order chi connectivity index (χ1) is 7.65. The molecule has 0 aliphatic rings. The van der Waals surface area contributed by atoms with E-state index in [0.29, 0.717) is 18.2 Å². The van der Waals surface area contributed by atoms with Crippen molar-refractivity contribution in [2.24, 2.45) is 0 Å². The van der Waals surface area contributed by atoms with Gasteiger partial charge < -0.3 is 5.73 Å². The lowest BCUT2D eigenvalue weighted by Crippen LogP contribution is -2.25. The van der Waals surface area contributed by atoms with Gasteiger partial charge in [0.2, 0.25) is 0 Å². The maximum Gasteiger partial charge on any atom is 0.145 e. The third-order valence-corrected chi connectivity index (χ3v) is 1.87. The molecule has 0 saturated heterocycles. The molecular weight excluding hydrogens is 204 g/mol. The van der Waals surface area contributed by atoms with E-state index in [0.717, 1.165) is 5.69 Å². The quantitative estimate of drug-likeness (QED) is 0.722. The van der Waals surface area contributed by atoms with Gasteiger partial charge in [0.05, 0.1) is 31.8 Å². The Morgan fingerprint density at radius 1 is 1.31 bits per heavy atom. The second-order valence-electron chi connectivity index (χ2n) is 3.31. The molecule has 0 radical (unpaired) electrons. The van der Waals surface area contributed by atoms with Crippen LogP contribution in [0, 0.1) is 29.6 Å². The molecule has 0 bridgehead atoms. The summed E-state index contributed by atoms with van der Waals surface area (Å²) in [6.45, 7) is 2.52. The molecule has 0 unspecified atom stereocenters. The minimum Gasteiger partial charge on any atom is -0.384 e. The minimum absolute atomic E-state index is 0.171. The Morgan fingerprint density at radius 3 is 2.44 bits per heavy atom. The monoisotopic (exact) mass is 216 g/mol. The van der Waals surface area contributed by atoms with Crippen LogP contribution in [0.25, 0.3) is 0 Å². The number of aromatic nitrogens is 2. The van der Waals surface area contributed by atoms with Crippen molar-refractivity contribution >= 4 is 5.82 Å². The van der Waals surface area contributed by atoms with Gasteiger partial charge in [0.1, 0.15) is 11.6 Å².